The fraction of sp³-hybridized carbons (Fsp3) is 0.368. The molecule has 2 aromatic heterocycles. The number of rotatable bonds is 5. The summed E-state index contributed by atoms with van der Waals surface area (Å²) in [6.07, 6.45) is 1.64. The first-order chi connectivity index (χ1) is 13.4. The van der Waals surface area contributed by atoms with Crippen LogP contribution in [0.2, 0.25) is 0 Å². The lowest BCUT2D eigenvalue weighted by Crippen LogP contribution is -2.46. The molecule has 1 fully saturated rings. The van der Waals surface area contributed by atoms with E-state index in [1.54, 1.807) is 43.9 Å². The third-order valence-electron chi connectivity index (χ3n) is 5.00. The predicted octanol–water partition coefficient (Wildman–Crippen LogP) is 2.26. The van der Waals surface area contributed by atoms with Gasteiger partial charge in [-0.05, 0) is 29.1 Å². The minimum absolute atomic E-state index is 0.342. The lowest BCUT2D eigenvalue weighted by atomic mass is 10.2. The molecule has 28 heavy (non-hydrogen) atoms. The van der Waals surface area contributed by atoms with Gasteiger partial charge in [-0.15, -0.1) is 11.3 Å². The van der Waals surface area contributed by atoms with Gasteiger partial charge in [-0.1, -0.05) is 12.1 Å². The molecule has 3 heterocycles. The summed E-state index contributed by atoms with van der Waals surface area (Å²) < 4.78 is 26.0. The molecule has 0 amide bonds. The molecule has 0 atom stereocenters. The summed E-state index contributed by atoms with van der Waals surface area (Å²) in [6.45, 7) is 4.32. The van der Waals surface area contributed by atoms with E-state index >= 15 is 0 Å². The van der Waals surface area contributed by atoms with Crippen molar-refractivity contribution in [1.29, 1.82) is 0 Å². The van der Waals surface area contributed by atoms with Gasteiger partial charge in [0, 0.05) is 46.8 Å². The standard InChI is InChI=1S/C19H23N5O2S2/c1-22(2)28(25,26)16-5-3-4-15(12-16)13-23-7-9-24(10-8-23)18-17-6-11-27-19(17)21-14-20-18/h3-6,11-12,14H,7-10,13H2,1-2H3. The van der Waals surface area contributed by atoms with Gasteiger partial charge in [-0.2, -0.15) is 0 Å². The summed E-state index contributed by atoms with van der Waals surface area (Å²) in [5.74, 6) is 1.00. The highest BCUT2D eigenvalue weighted by molar-refractivity contribution is 7.89. The monoisotopic (exact) mass is 417 g/mol. The van der Waals surface area contributed by atoms with Gasteiger partial charge in [0.15, 0.2) is 0 Å². The van der Waals surface area contributed by atoms with Crippen LogP contribution >= 0.6 is 11.3 Å². The molecular formula is C19H23N5O2S2. The molecule has 3 aromatic rings. The Morgan fingerprint density at radius 3 is 2.64 bits per heavy atom. The summed E-state index contributed by atoms with van der Waals surface area (Å²) in [4.78, 5) is 14.8. The maximum atomic E-state index is 12.4. The molecule has 0 N–H and O–H groups in total. The number of piperazine rings is 1. The Balaban J connectivity index is 1.43. The number of fused-ring (bicyclic) bond motifs is 1. The Morgan fingerprint density at radius 1 is 1.11 bits per heavy atom. The molecule has 0 saturated carbocycles. The largest absolute Gasteiger partial charge is 0.353 e. The smallest absolute Gasteiger partial charge is 0.242 e. The van der Waals surface area contributed by atoms with E-state index in [1.807, 2.05) is 17.5 Å². The van der Waals surface area contributed by atoms with Crippen LogP contribution in [0.5, 0.6) is 0 Å². The highest BCUT2D eigenvalue weighted by Gasteiger charge is 2.21. The summed E-state index contributed by atoms with van der Waals surface area (Å²) in [5.41, 5.74) is 1.01. The van der Waals surface area contributed by atoms with Gasteiger partial charge in [-0.25, -0.2) is 22.7 Å². The third-order valence-corrected chi connectivity index (χ3v) is 7.63. The van der Waals surface area contributed by atoms with Crippen LogP contribution in [0.1, 0.15) is 5.56 Å². The minimum Gasteiger partial charge on any atom is -0.353 e. The molecule has 0 unspecified atom stereocenters. The topological polar surface area (TPSA) is 69.6 Å². The van der Waals surface area contributed by atoms with E-state index in [-0.39, 0.29) is 0 Å². The summed E-state index contributed by atoms with van der Waals surface area (Å²) in [6, 6.07) is 9.31. The second-order valence-corrected chi connectivity index (χ2v) is 10.1. The van der Waals surface area contributed by atoms with E-state index < -0.39 is 10.0 Å². The summed E-state index contributed by atoms with van der Waals surface area (Å²) in [7, 11) is -0.298. The molecule has 1 saturated heterocycles. The van der Waals surface area contributed by atoms with Crippen molar-refractivity contribution >= 4 is 37.4 Å². The van der Waals surface area contributed by atoms with Crippen LogP contribution in [-0.4, -0.2) is 67.9 Å². The van der Waals surface area contributed by atoms with Crippen molar-refractivity contribution in [2.75, 3.05) is 45.2 Å². The van der Waals surface area contributed by atoms with Crippen molar-refractivity contribution in [3.63, 3.8) is 0 Å². The number of aromatic nitrogens is 2. The average Bonchev–Trinajstić information content (AvgIpc) is 3.18. The molecule has 1 aromatic carbocycles. The van der Waals surface area contributed by atoms with Gasteiger partial charge >= 0.3 is 0 Å². The van der Waals surface area contributed by atoms with Crippen LogP contribution in [0.4, 0.5) is 5.82 Å². The number of hydrogen-bond donors (Lipinski definition) is 0. The number of anilines is 1. The van der Waals surface area contributed by atoms with E-state index in [1.165, 1.54) is 4.31 Å². The molecule has 7 nitrogen and oxygen atoms in total. The molecular weight excluding hydrogens is 394 g/mol. The highest BCUT2D eigenvalue weighted by Crippen LogP contribution is 2.27. The minimum atomic E-state index is -3.41. The van der Waals surface area contributed by atoms with Gasteiger partial charge in [0.05, 0.1) is 10.3 Å². The van der Waals surface area contributed by atoms with Crippen LogP contribution < -0.4 is 4.90 Å². The highest BCUT2D eigenvalue weighted by atomic mass is 32.2. The van der Waals surface area contributed by atoms with Crippen molar-refractivity contribution < 1.29 is 8.42 Å². The van der Waals surface area contributed by atoms with Crippen LogP contribution in [0.25, 0.3) is 10.2 Å². The van der Waals surface area contributed by atoms with E-state index in [0.29, 0.717) is 4.90 Å². The first-order valence-electron chi connectivity index (χ1n) is 9.12. The van der Waals surface area contributed by atoms with Gasteiger partial charge in [-0.3, -0.25) is 4.90 Å². The molecule has 0 aliphatic carbocycles. The quantitative estimate of drug-likeness (QED) is 0.634. The summed E-state index contributed by atoms with van der Waals surface area (Å²) in [5, 5.41) is 3.16. The molecule has 1 aliphatic heterocycles. The fourth-order valence-electron chi connectivity index (χ4n) is 3.42. The molecule has 0 spiro atoms. The Morgan fingerprint density at radius 2 is 1.89 bits per heavy atom. The van der Waals surface area contributed by atoms with Gasteiger partial charge < -0.3 is 4.90 Å². The van der Waals surface area contributed by atoms with Crippen LogP contribution in [0, 0.1) is 0 Å². The molecule has 148 valence electrons. The van der Waals surface area contributed by atoms with Gasteiger partial charge in [0.25, 0.3) is 0 Å². The van der Waals surface area contributed by atoms with Crippen molar-refractivity contribution in [2.45, 2.75) is 11.4 Å². The maximum absolute atomic E-state index is 12.4. The van der Waals surface area contributed by atoms with Crippen LogP contribution in [-0.2, 0) is 16.6 Å². The van der Waals surface area contributed by atoms with Crippen molar-refractivity contribution in [3.05, 3.63) is 47.6 Å². The van der Waals surface area contributed by atoms with E-state index in [4.69, 9.17) is 0 Å². The average molecular weight is 418 g/mol. The second-order valence-electron chi connectivity index (χ2n) is 7.03. The Bertz CT molecular complexity index is 1070. The van der Waals surface area contributed by atoms with Crippen LogP contribution in [0.15, 0.2) is 46.9 Å². The van der Waals surface area contributed by atoms with Crippen molar-refractivity contribution in [2.24, 2.45) is 0 Å². The molecule has 0 bridgehead atoms. The molecule has 0 radical (unpaired) electrons. The number of hydrogen-bond acceptors (Lipinski definition) is 7. The van der Waals surface area contributed by atoms with Crippen molar-refractivity contribution in [1.82, 2.24) is 19.2 Å². The second kappa shape index (κ2) is 7.75. The van der Waals surface area contributed by atoms with Gasteiger partial charge in [0.1, 0.15) is 17.0 Å². The first kappa shape index (κ1) is 19.3. The normalized spacial score (nSPS) is 16.2. The first-order valence-corrected chi connectivity index (χ1v) is 11.4. The van der Waals surface area contributed by atoms with Gasteiger partial charge in [0.2, 0.25) is 10.0 Å². The van der Waals surface area contributed by atoms with Crippen LogP contribution in [0.3, 0.4) is 0 Å². The SMILES string of the molecule is CN(C)S(=O)(=O)c1cccc(CN2CCN(c3ncnc4sccc34)CC2)c1. The third kappa shape index (κ3) is 3.75. The number of sulfonamides is 1. The number of nitrogens with zero attached hydrogens (tertiary/aromatic N) is 5. The lowest BCUT2D eigenvalue weighted by molar-refractivity contribution is 0.249. The Labute approximate surface area is 169 Å². The summed E-state index contributed by atoms with van der Waals surface area (Å²) >= 11 is 1.63. The zero-order chi connectivity index (χ0) is 19.7. The Hall–Kier alpha value is -2.07. The predicted molar refractivity (Wildman–Crippen MR) is 112 cm³/mol. The molecule has 4 rings (SSSR count). The number of thiophene rings is 1. The fourth-order valence-corrected chi connectivity index (χ4v) is 5.12. The number of benzene rings is 1. The molecule has 9 heteroatoms. The van der Waals surface area contributed by atoms with E-state index in [2.05, 4.69) is 25.8 Å². The lowest BCUT2D eigenvalue weighted by Gasteiger charge is -2.35. The van der Waals surface area contributed by atoms with E-state index in [9.17, 15) is 8.42 Å². The maximum Gasteiger partial charge on any atom is 0.242 e. The zero-order valence-electron chi connectivity index (χ0n) is 15.9. The van der Waals surface area contributed by atoms with E-state index in [0.717, 1.165) is 54.3 Å². The Kier molecular flexibility index (Phi) is 5.33. The van der Waals surface area contributed by atoms with Crippen molar-refractivity contribution in [3.8, 4) is 0 Å². The molecule has 1 aliphatic rings. The zero-order valence-corrected chi connectivity index (χ0v) is 17.6.